The first kappa shape index (κ1) is 22.2. The smallest absolute Gasteiger partial charge is 0.379 e. The van der Waals surface area contributed by atoms with E-state index in [0.717, 1.165) is 17.7 Å². The lowest BCUT2D eigenvalue weighted by molar-refractivity contribution is -0.137. The lowest BCUT2D eigenvalue weighted by atomic mass is 10.0. The number of benzene rings is 2. The number of morpholine rings is 1. The van der Waals surface area contributed by atoms with Crippen molar-refractivity contribution >= 4 is 5.91 Å². The number of nitrogens with zero attached hydrogens (tertiary/aromatic N) is 1. The van der Waals surface area contributed by atoms with Crippen molar-refractivity contribution in [3.05, 3.63) is 71.0 Å². The van der Waals surface area contributed by atoms with Crippen LogP contribution in [0, 0.1) is 5.82 Å². The van der Waals surface area contributed by atoms with E-state index >= 15 is 0 Å². The maximum Gasteiger partial charge on any atom is 0.416 e. The number of aryl methyl sites for hydroxylation is 1. The lowest BCUT2D eigenvalue weighted by Gasteiger charge is -2.35. The molecule has 30 heavy (non-hydrogen) atoms. The third-order valence-corrected chi connectivity index (χ3v) is 5.13. The molecule has 0 aromatic heterocycles. The molecule has 0 radical (unpaired) electrons. The summed E-state index contributed by atoms with van der Waals surface area (Å²) < 4.78 is 57.2. The summed E-state index contributed by atoms with van der Waals surface area (Å²) in [6, 6.07) is 10.9. The van der Waals surface area contributed by atoms with Crippen molar-refractivity contribution in [2.45, 2.75) is 25.1 Å². The van der Waals surface area contributed by atoms with Gasteiger partial charge in [-0.05, 0) is 41.8 Å². The zero-order valence-electron chi connectivity index (χ0n) is 16.4. The second-order valence-electron chi connectivity index (χ2n) is 7.22. The highest BCUT2D eigenvalue weighted by Gasteiger charge is 2.31. The van der Waals surface area contributed by atoms with Gasteiger partial charge in [-0.2, -0.15) is 13.2 Å². The molecule has 1 aliphatic heterocycles. The molecule has 1 N–H and O–H groups in total. The number of carbonyl (C=O) groups is 1. The molecule has 0 saturated carbocycles. The molecule has 1 atom stereocenters. The molecule has 1 heterocycles. The summed E-state index contributed by atoms with van der Waals surface area (Å²) in [4.78, 5) is 14.4. The molecule has 3 rings (SSSR count). The predicted octanol–water partition coefficient (Wildman–Crippen LogP) is 3.97. The summed E-state index contributed by atoms with van der Waals surface area (Å²) in [5, 5.41) is 2.87. The fourth-order valence-corrected chi connectivity index (χ4v) is 3.49. The molecule has 0 bridgehead atoms. The summed E-state index contributed by atoms with van der Waals surface area (Å²) in [7, 11) is 0. The van der Waals surface area contributed by atoms with Crippen LogP contribution in [-0.4, -0.2) is 43.7 Å². The van der Waals surface area contributed by atoms with Crippen LogP contribution in [0.25, 0.3) is 0 Å². The fourth-order valence-electron chi connectivity index (χ4n) is 3.49. The average molecular weight is 424 g/mol. The van der Waals surface area contributed by atoms with Gasteiger partial charge in [0.15, 0.2) is 0 Å². The van der Waals surface area contributed by atoms with E-state index in [2.05, 4.69) is 10.2 Å². The molecule has 162 valence electrons. The number of alkyl halides is 3. The Labute approximate surface area is 172 Å². The van der Waals surface area contributed by atoms with Gasteiger partial charge in [0, 0.05) is 26.1 Å². The van der Waals surface area contributed by atoms with Gasteiger partial charge in [0.05, 0.1) is 24.8 Å². The standard InChI is InChI=1S/C22H24F4N2O2/c23-19-3-1-2-16(14-19)4-9-21(29)27-15-20(28-10-12-30-13-11-28)17-5-7-18(8-6-17)22(24,25)26/h1-3,5-8,14,20H,4,9-13,15H2,(H,27,29). The molecular formula is C22H24F4N2O2. The molecule has 2 aromatic carbocycles. The van der Waals surface area contributed by atoms with Gasteiger partial charge in [0.2, 0.25) is 5.91 Å². The SMILES string of the molecule is O=C(CCc1cccc(F)c1)NCC(c1ccc(C(F)(F)F)cc1)N1CCOCC1. The van der Waals surface area contributed by atoms with Crippen LogP contribution in [0.1, 0.15) is 29.2 Å². The molecule has 0 aliphatic carbocycles. The number of hydrogen-bond donors (Lipinski definition) is 1. The Hall–Kier alpha value is -2.45. The van der Waals surface area contributed by atoms with Crippen molar-refractivity contribution in [3.63, 3.8) is 0 Å². The van der Waals surface area contributed by atoms with Crippen LogP contribution in [-0.2, 0) is 22.1 Å². The highest BCUT2D eigenvalue weighted by molar-refractivity contribution is 5.76. The minimum Gasteiger partial charge on any atom is -0.379 e. The molecule has 1 aliphatic rings. The Morgan fingerprint density at radius 2 is 1.80 bits per heavy atom. The third kappa shape index (κ3) is 6.27. The van der Waals surface area contributed by atoms with E-state index in [1.165, 1.54) is 24.3 Å². The summed E-state index contributed by atoms with van der Waals surface area (Å²) in [6.07, 6.45) is -3.78. The van der Waals surface area contributed by atoms with E-state index in [0.29, 0.717) is 38.3 Å². The van der Waals surface area contributed by atoms with Crippen LogP contribution in [0.2, 0.25) is 0 Å². The first-order chi connectivity index (χ1) is 14.3. The van der Waals surface area contributed by atoms with Crippen LogP contribution in [0.3, 0.4) is 0 Å². The van der Waals surface area contributed by atoms with Crippen molar-refractivity contribution < 1.29 is 27.1 Å². The zero-order valence-corrected chi connectivity index (χ0v) is 16.4. The first-order valence-corrected chi connectivity index (χ1v) is 9.83. The summed E-state index contributed by atoms with van der Waals surface area (Å²) in [5.74, 6) is -0.535. The maximum absolute atomic E-state index is 13.3. The minimum absolute atomic E-state index is 0.190. The number of halogens is 4. The minimum atomic E-state index is -4.39. The Bertz CT molecular complexity index is 834. The van der Waals surface area contributed by atoms with Gasteiger partial charge in [-0.15, -0.1) is 0 Å². The highest BCUT2D eigenvalue weighted by Crippen LogP contribution is 2.31. The number of amides is 1. The van der Waals surface area contributed by atoms with Crippen LogP contribution in [0.4, 0.5) is 17.6 Å². The Kier molecular flexibility index (Phi) is 7.44. The largest absolute Gasteiger partial charge is 0.416 e. The normalized spacial score (nSPS) is 16.3. The molecule has 1 saturated heterocycles. The zero-order chi connectivity index (χ0) is 21.6. The van der Waals surface area contributed by atoms with Crippen molar-refractivity contribution in [2.75, 3.05) is 32.8 Å². The maximum atomic E-state index is 13.3. The molecule has 8 heteroatoms. The van der Waals surface area contributed by atoms with Gasteiger partial charge in [-0.3, -0.25) is 9.69 Å². The molecule has 1 amide bonds. The molecular weight excluding hydrogens is 400 g/mol. The Balaban J connectivity index is 1.63. The third-order valence-electron chi connectivity index (χ3n) is 5.13. The second kappa shape index (κ2) is 10.0. The number of nitrogens with one attached hydrogen (secondary N) is 1. The van der Waals surface area contributed by atoms with Crippen LogP contribution < -0.4 is 5.32 Å². The van der Waals surface area contributed by atoms with E-state index in [4.69, 9.17) is 4.74 Å². The molecule has 4 nitrogen and oxygen atoms in total. The summed E-state index contributed by atoms with van der Waals surface area (Å²) >= 11 is 0. The van der Waals surface area contributed by atoms with E-state index < -0.39 is 11.7 Å². The summed E-state index contributed by atoms with van der Waals surface area (Å²) in [5.41, 5.74) is 0.735. The van der Waals surface area contributed by atoms with Crippen molar-refractivity contribution in [2.24, 2.45) is 0 Å². The second-order valence-corrected chi connectivity index (χ2v) is 7.22. The van der Waals surface area contributed by atoms with Gasteiger partial charge in [0.25, 0.3) is 0 Å². The fraction of sp³-hybridized carbons (Fsp3) is 0.409. The van der Waals surface area contributed by atoms with E-state index in [1.807, 2.05) is 0 Å². The van der Waals surface area contributed by atoms with E-state index in [1.54, 1.807) is 12.1 Å². The molecule has 1 fully saturated rings. The quantitative estimate of drug-likeness (QED) is 0.684. The molecule has 0 spiro atoms. The van der Waals surface area contributed by atoms with E-state index in [9.17, 15) is 22.4 Å². The van der Waals surface area contributed by atoms with Crippen molar-refractivity contribution in [1.29, 1.82) is 0 Å². The Morgan fingerprint density at radius 3 is 2.43 bits per heavy atom. The van der Waals surface area contributed by atoms with Gasteiger partial charge >= 0.3 is 6.18 Å². The highest BCUT2D eigenvalue weighted by atomic mass is 19.4. The van der Waals surface area contributed by atoms with Crippen LogP contribution in [0.15, 0.2) is 48.5 Å². The van der Waals surface area contributed by atoms with Gasteiger partial charge in [-0.25, -0.2) is 4.39 Å². The number of ether oxygens (including phenoxy) is 1. The first-order valence-electron chi connectivity index (χ1n) is 9.83. The Morgan fingerprint density at radius 1 is 1.10 bits per heavy atom. The van der Waals surface area contributed by atoms with Crippen molar-refractivity contribution in [3.8, 4) is 0 Å². The lowest BCUT2D eigenvalue weighted by Crippen LogP contribution is -2.43. The number of hydrogen-bond acceptors (Lipinski definition) is 3. The van der Waals surface area contributed by atoms with E-state index in [-0.39, 0.29) is 30.7 Å². The van der Waals surface area contributed by atoms with Crippen molar-refractivity contribution in [1.82, 2.24) is 10.2 Å². The molecule has 2 aromatic rings. The number of carbonyl (C=O) groups excluding carboxylic acids is 1. The average Bonchev–Trinajstić information content (AvgIpc) is 2.73. The van der Waals surface area contributed by atoms with Crippen LogP contribution >= 0.6 is 0 Å². The van der Waals surface area contributed by atoms with Crippen LogP contribution in [0.5, 0.6) is 0 Å². The van der Waals surface area contributed by atoms with Gasteiger partial charge < -0.3 is 10.1 Å². The monoisotopic (exact) mass is 424 g/mol. The van der Waals surface area contributed by atoms with Gasteiger partial charge in [-0.1, -0.05) is 24.3 Å². The summed E-state index contributed by atoms with van der Waals surface area (Å²) in [6.45, 7) is 2.60. The molecule has 1 unspecified atom stereocenters. The topological polar surface area (TPSA) is 41.6 Å². The predicted molar refractivity (Wildman–Crippen MR) is 104 cm³/mol. The van der Waals surface area contributed by atoms with Gasteiger partial charge in [0.1, 0.15) is 5.82 Å². The number of rotatable bonds is 7.